The quantitative estimate of drug-likeness (QED) is 0.0692. The highest BCUT2D eigenvalue weighted by Gasteiger charge is 2.22. The second-order valence-corrected chi connectivity index (χ2v) is 12.6. The molecule has 0 heterocycles. The zero-order valence-corrected chi connectivity index (χ0v) is 29.3. The first-order valence-electron chi connectivity index (χ1n) is 17.8. The van der Waals surface area contributed by atoms with Crippen molar-refractivity contribution in [1.29, 1.82) is 0 Å². The first kappa shape index (κ1) is 36.9. The number of para-hydroxylation sites is 1. The van der Waals surface area contributed by atoms with E-state index >= 15 is 0 Å². The summed E-state index contributed by atoms with van der Waals surface area (Å²) < 4.78 is 0. The molecule has 7 nitrogen and oxygen atoms in total. The molecular weight excluding hydrogens is 608 g/mol. The van der Waals surface area contributed by atoms with E-state index in [1.807, 2.05) is 84.9 Å². The molecule has 0 fully saturated rings. The van der Waals surface area contributed by atoms with Gasteiger partial charge in [-0.2, -0.15) is 0 Å². The highest BCUT2D eigenvalue weighted by molar-refractivity contribution is 6.12. The fourth-order valence-corrected chi connectivity index (χ4v) is 5.78. The molecule has 4 aromatic carbocycles. The van der Waals surface area contributed by atoms with Crippen LogP contribution in [0.3, 0.4) is 0 Å². The highest BCUT2D eigenvalue weighted by Crippen LogP contribution is 2.26. The molecule has 7 heteroatoms. The van der Waals surface area contributed by atoms with E-state index in [9.17, 15) is 14.4 Å². The number of amides is 3. The minimum absolute atomic E-state index is 0.0945. The third-order valence-corrected chi connectivity index (χ3v) is 8.76. The predicted molar refractivity (Wildman–Crippen MR) is 202 cm³/mol. The number of nitrogens with zero attached hydrogens (tertiary/aromatic N) is 1. The molecule has 3 amide bonds. The first-order valence-corrected chi connectivity index (χ1v) is 17.8. The molecule has 0 saturated carbocycles. The summed E-state index contributed by atoms with van der Waals surface area (Å²) in [6.07, 6.45) is 9.24. The van der Waals surface area contributed by atoms with Gasteiger partial charge in [-0.1, -0.05) is 131 Å². The number of urea groups is 1. The van der Waals surface area contributed by atoms with Crippen LogP contribution in [0.25, 0.3) is 11.1 Å². The van der Waals surface area contributed by atoms with Gasteiger partial charge in [-0.3, -0.25) is 14.5 Å². The normalized spacial score (nSPS) is 11.4. The van der Waals surface area contributed by atoms with Crippen molar-refractivity contribution < 1.29 is 14.4 Å². The van der Waals surface area contributed by atoms with Crippen LogP contribution in [0.15, 0.2) is 103 Å². The van der Waals surface area contributed by atoms with Crippen molar-refractivity contribution in [1.82, 2.24) is 10.6 Å². The lowest BCUT2D eigenvalue weighted by molar-refractivity contribution is -0.121. The number of ketones is 1. The van der Waals surface area contributed by atoms with E-state index in [4.69, 9.17) is 0 Å². The van der Waals surface area contributed by atoms with Gasteiger partial charge in [0.15, 0.2) is 5.78 Å². The molecule has 4 aromatic rings. The number of hydrogen-bond acceptors (Lipinski definition) is 4. The molecule has 0 aliphatic carbocycles. The molecule has 0 aliphatic heterocycles. The van der Waals surface area contributed by atoms with E-state index in [0.29, 0.717) is 36.3 Å². The molecule has 0 bridgehead atoms. The lowest BCUT2D eigenvalue weighted by Crippen LogP contribution is -2.41. The SMILES string of the molecule is CCCCCCCNC(=O)N(C)c1cccc(-c2ccc(CC(Nc3ccccc3C(=O)c3ccccc3)C(=O)NCCCCC)cc2)c1. The Bertz CT molecular complexity index is 1620. The lowest BCUT2D eigenvalue weighted by Gasteiger charge is -2.22. The summed E-state index contributed by atoms with van der Waals surface area (Å²) in [5.74, 6) is -0.194. The molecule has 0 saturated heterocycles. The van der Waals surface area contributed by atoms with Gasteiger partial charge in [0.2, 0.25) is 5.91 Å². The molecule has 3 N–H and O–H groups in total. The van der Waals surface area contributed by atoms with Gasteiger partial charge < -0.3 is 16.0 Å². The largest absolute Gasteiger partial charge is 0.373 e. The number of hydrogen-bond donors (Lipinski definition) is 3. The van der Waals surface area contributed by atoms with Crippen molar-refractivity contribution in [2.24, 2.45) is 0 Å². The van der Waals surface area contributed by atoms with Gasteiger partial charge in [-0.15, -0.1) is 0 Å². The predicted octanol–water partition coefficient (Wildman–Crippen LogP) is 9.03. The fourth-order valence-electron chi connectivity index (χ4n) is 5.78. The van der Waals surface area contributed by atoms with E-state index in [2.05, 4.69) is 29.8 Å². The van der Waals surface area contributed by atoms with Crippen molar-refractivity contribution in [3.8, 4) is 11.1 Å². The van der Waals surface area contributed by atoms with Crippen molar-refractivity contribution in [2.45, 2.75) is 77.7 Å². The summed E-state index contributed by atoms with van der Waals surface area (Å²) in [6.45, 7) is 5.62. The Kier molecular flexibility index (Phi) is 14.9. The number of nitrogens with one attached hydrogen (secondary N) is 3. The van der Waals surface area contributed by atoms with Crippen LogP contribution in [0.4, 0.5) is 16.2 Å². The monoisotopic (exact) mass is 660 g/mol. The van der Waals surface area contributed by atoms with E-state index in [0.717, 1.165) is 54.5 Å². The van der Waals surface area contributed by atoms with Gasteiger partial charge in [0.25, 0.3) is 0 Å². The Morgan fingerprint density at radius 1 is 0.653 bits per heavy atom. The van der Waals surface area contributed by atoms with Gasteiger partial charge in [0.1, 0.15) is 6.04 Å². The average molecular weight is 661 g/mol. The van der Waals surface area contributed by atoms with Gasteiger partial charge in [-0.05, 0) is 53.8 Å². The molecular formula is C42H52N4O3. The highest BCUT2D eigenvalue weighted by atomic mass is 16.2. The Morgan fingerprint density at radius 2 is 1.31 bits per heavy atom. The van der Waals surface area contributed by atoms with Crippen LogP contribution < -0.4 is 20.9 Å². The van der Waals surface area contributed by atoms with Crippen LogP contribution >= 0.6 is 0 Å². The zero-order chi connectivity index (χ0) is 34.8. The average Bonchev–Trinajstić information content (AvgIpc) is 3.14. The standard InChI is InChI=1S/C42H52N4O3/c1-4-6-8-9-16-29-44-42(49)46(3)36-21-17-20-35(31-36)33-26-24-32(25-27-33)30-39(41(48)43-28-15-7-5-2)45-38-23-14-13-22-37(38)40(47)34-18-11-10-12-19-34/h10-14,17-27,31,39,45H,4-9,15-16,28-30H2,1-3H3,(H,43,48)(H,44,49). The number of benzene rings is 4. The number of carbonyl (C=O) groups is 3. The van der Waals surface area contributed by atoms with Crippen molar-refractivity contribution in [2.75, 3.05) is 30.4 Å². The topological polar surface area (TPSA) is 90.5 Å². The minimum Gasteiger partial charge on any atom is -0.373 e. The second-order valence-electron chi connectivity index (χ2n) is 12.6. The molecule has 4 rings (SSSR count). The van der Waals surface area contributed by atoms with Gasteiger partial charge in [-0.25, -0.2) is 4.79 Å². The van der Waals surface area contributed by atoms with Gasteiger partial charge >= 0.3 is 6.03 Å². The Balaban J connectivity index is 1.46. The van der Waals surface area contributed by atoms with Crippen LogP contribution in [0, 0.1) is 0 Å². The summed E-state index contributed by atoms with van der Waals surface area (Å²) in [5, 5.41) is 9.55. The van der Waals surface area contributed by atoms with Gasteiger partial charge in [0.05, 0.1) is 0 Å². The maximum absolute atomic E-state index is 13.5. The Labute approximate surface area is 292 Å². The summed E-state index contributed by atoms with van der Waals surface area (Å²) >= 11 is 0. The molecule has 1 unspecified atom stereocenters. The number of rotatable bonds is 19. The molecule has 0 radical (unpaired) electrons. The third-order valence-electron chi connectivity index (χ3n) is 8.76. The number of carbonyl (C=O) groups excluding carboxylic acids is 3. The maximum Gasteiger partial charge on any atom is 0.321 e. The fraction of sp³-hybridized carbons (Fsp3) is 0.357. The van der Waals surface area contributed by atoms with Crippen LogP contribution in [-0.4, -0.2) is 43.9 Å². The van der Waals surface area contributed by atoms with E-state index in [1.54, 1.807) is 30.1 Å². The van der Waals surface area contributed by atoms with Crippen LogP contribution in [0.5, 0.6) is 0 Å². The molecule has 1 atom stereocenters. The van der Waals surface area contributed by atoms with E-state index in [-0.39, 0.29) is 17.7 Å². The lowest BCUT2D eigenvalue weighted by atomic mass is 9.98. The smallest absolute Gasteiger partial charge is 0.321 e. The summed E-state index contributed by atoms with van der Waals surface area (Å²) in [4.78, 5) is 41.4. The summed E-state index contributed by atoms with van der Waals surface area (Å²) in [5.41, 5.74) is 5.58. The third kappa shape index (κ3) is 11.3. The minimum atomic E-state index is -0.584. The summed E-state index contributed by atoms with van der Waals surface area (Å²) in [7, 11) is 1.79. The molecule has 258 valence electrons. The van der Waals surface area contributed by atoms with Crippen LogP contribution in [0.1, 0.15) is 86.7 Å². The first-order chi connectivity index (χ1) is 23.9. The number of anilines is 2. The maximum atomic E-state index is 13.5. The second kappa shape index (κ2) is 19.8. The molecule has 0 aromatic heterocycles. The molecule has 0 spiro atoms. The van der Waals surface area contributed by atoms with E-state index < -0.39 is 6.04 Å². The molecule has 0 aliphatic rings. The number of unbranched alkanes of at least 4 members (excludes halogenated alkanes) is 6. The van der Waals surface area contributed by atoms with Gasteiger partial charge in [0, 0.05) is 49.1 Å². The summed E-state index contributed by atoms with van der Waals surface area (Å²) in [6, 6.07) is 32.0. The van der Waals surface area contributed by atoms with Crippen molar-refractivity contribution >= 4 is 29.1 Å². The Morgan fingerprint density at radius 3 is 2.06 bits per heavy atom. The van der Waals surface area contributed by atoms with Crippen LogP contribution in [0.2, 0.25) is 0 Å². The Hall–Kier alpha value is -4.91. The van der Waals surface area contributed by atoms with Crippen molar-refractivity contribution in [3.05, 3.63) is 120 Å². The zero-order valence-electron chi connectivity index (χ0n) is 29.3. The van der Waals surface area contributed by atoms with Crippen molar-refractivity contribution in [3.63, 3.8) is 0 Å². The van der Waals surface area contributed by atoms with Crippen LogP contribution in [-0.2, 0) is 11.2 Å². The van der Waals surface area contributed by atoms with E-state index in [1.165, 1.54) is 19.3 Å². The molecule has 49 heavy (non-hydrogen) atoms.